The lowest BCUT2D eigenvalue weighted by atomic mass is 9.83. The van der Waals surface area contributed by atoms with Crippen molar-refractivity contribution in [1.82, 2.24) is 0 Å². The fourth-order valence-corrected chi connectivity index (χ4v) is 5.23. The monoisotopic (exact) mass is 476 g/mol. The van der Waals surface area contributed by atoms with Crippen molar-refractivity contribution in [3.05, 3.63) is 119 Å². The average Bonchev–Trinajstić information content (AvgIpc) is 3.12. The van der Waals surface area contributed by atoms with Gasteiger partial charge in [0.1, 0.15) is 17.5 Å². The van der Waals surface area contributed by atoms with Crippen LogP contribution in [0.25, 0.3) is 56.0 Å². The summed E-state index contributed by atoms with van der Waals surface area (Å²) in [6.07, 6.45) is 9.03. The Morgan fingerprint density at radius 3 is 1.83 bits per heavy atom. The van der Waals surface area contributed by atoms with Crippen LogP contribution in [0.4, 0.5) is 13.2 Å². The molecule has 0 unspecified atom stereocenters. The third-order valence-corrected chi connectivity index (χ3v) is 7.11. The van der Waals surface area contributed by atoms with E-state index in [0.29, 0.717) is 11.1 Å². The van der Waals surface area contributed by atoms with Crippen LogP contribution < -0.4 is 0 Å². The second-order valence-electron chi connectivity index (χ2n) is 9.39. The smallest absolute Gasteiger partial charge is 0.129 e. The van der Waals surface area contributed by atoms with Crippen LogP contribution in [-0.2, 0) is 0 Å². The molecule has 0 amide bonds. The predicted molar refractivity (Wildman–Crippen MR) is 144 cm³/mol. The average molecular weight is 477 g/mol. The molecule has 0 heterocycles. The summed E-state index contributed by atoms with van der Waals surface area (Å²) < 4.78 is 43.8. The summed E-state index contributed by atoms with van der Waals surface area (Å²) in [6, 6.07) is 20.3. The van der Waals surface area contributed by atoms with Crippen LogP contribution in [0.1, 0.15) is 28.7 Å². The minimum atomic E-state index is -0.563. The maximum atomic E-state index is 14.7. The first kappa shape index (κ1) is 22.4. The highest BCUT2D eigenvalue weighted by atomic mass is 19.1. The number of hydrogen-bond donors (Lipinski definition) is 0. The summed E-state index contributed by atoms with van der Waals surface area (Å²) in [5, 5.41) is 3.68. The molecule has 0 fully saturated rings. The minimum absolute atomic E-state index is 0.0137. The molecule has 36 heavy (non-hydrogen) atoms. The van der Waals surface area contributed by atoms with Gasteiger partial charge in [-0.05, 0) is 111 Å². The Morgan fingerprint density at radius 2 is 1.19 bits per heavy atom. The largest absolute Gasteiger partial charge is 0.207 e. The van der Waals surface area contributed by atoms with Crippen molar-refractivity contribution in [1.29, 1.82) is 0 Å². The molecule has 1 aliphatic rings. The lowest BCUT2D eigenvalue weighted by molar-refractivity contribution is 0.569. The topological polar surface area (TPSA) is 0 Å². The number of benzene rings is 5. The number of rotatable bonds is 2. The number of halogens is 3. The molecular formula is C33H23F3. The van der Waals surface area contributed by atoms with Crippen molar-refractivity contribution in [2.45, 2.75) is 20.3 Å². The molecule has 0 aliphatic heterocycles. The highest BCUT2D eigenvalue weighted by Crippen LogP contribution is 2.45. The van der Waals surface area contributed by atoms with Gasteiger partial charge in [0.05, 0.1) is 0 Å². The standard InChI is InChI=1S/C33H23F3/c1-19-14-21-12-13-22(15-23(21)16-29(19)34)32-25-8-4-3-5-9-27(25)33(28-11-7-6-10-26(28)32)24-17-30(35)20(2)31(36)18-24/h4-18H,3H2,1-2H3. The van der Waals surface area contributed by atoms with Gasteiger partial charge < -0.3 is 0 Å². The van der Waals surface area contributed by atoms with Crippen LogP contribution >= 0.6 is 0 Å². The molecule has 176 valence electrons. The fourth-order valence-electron chi connectivity index (χ4n) is 5.23. The van der Waals surface area contributed by atoms with Crippen molar-refractivity contribution in [3.8, 4) is 22.3 Å². The third kappa shape index (κ3) is 3.54. The summed E-state index contributed by atoms with van der Waals surface area (Å²) in [5.41, 5.74) is 5.80. The number of allylic oxidation sites excluding steroid dienone is 2. The lowest BCUT2D eigenvalue weighted by Crippen LogP contribution is -1.98. The molecule has 0 atom stereocenters. The van der Waals surface area contributed by atoms with Crippen LogP contribution in [0, 0.1) is 31.3 Å². The van der Waals surface area contributed by atoms with Crippen LogP contribution in [0.15, 0.2) is 78.9 Å². The summed E-state index contributed by atoms with van der Waals surface area (Å²) in [5.74, 6) is -1.36. The highest BCUT2D eigenvalue weighted by Gasteiger charge is 2.21. The summed E-state index contributed by atoms with van der Waals surface area (Å²) in [6.45, 7) is 3.21. The van der Waals surface area contributed by atoms with Crippen LogP contribution in [0.2, 0.25) is 0 Å². The van der Waals surface area contributed by atoms with Gasteiger partial charge in [-0.15, -0.1) is 0 Å². The minimum Gasteiger partial charge on any atom is -0.207 e. The molecule has 1 aliphatic carbocycles. The van der Waals surface area contributed by atoms with Crippen molar-refractivity contribution in [3.63, 3.8) is 0 Å². The van der Waals surface area contributed by atoms with E-state index < -0.39 is 11.6 Å². The van der Waals surface area contributed by atoms with E-state index in [4.69, 9.17) is 0 Å². The van der Waals surface area contributed by atoms with Gasteiger partial charge in [0.25, 0.3) is 0 Å². The van der Waals surface area contributed by atoms with Gasteiger partial charge in [-0.3, -0.25) is 0 Å². The Balaban J connectivity index is 1.74. The third-order valence-electron chi connectivity index (χ3n) is 7.11. The van der Waals surface area contributed by atoms with Gasteiger partial charge >= 0.3 is 0 Å². The van der Waals surface area contributed by atoms with Crippen molar-refractivity contribution < 1.29 is 13.2 Å². The Kier molecular flexibility index (Phi) is 5.30. The van der Waals surface area contributed by atoms with E-state index in [2.05, 4.69) is 24.3 Å². The maximum Gasteiger partial charge on any atom is 0.129 e. The molecular weight excluding hydrogens is 453 g/mol. The first-order chi connectivity index (χ1) is 17.4. The SMILES string of the molecule is Cc1cc2ccc(-c3c4c(c(-c5cc(F)c(C)c(F)c5)c5ccccc35)C=CCC=C4)cc2cc1F. The van der Waals surface area contributed by atoms with Crippen molar-refractivity contribution in [2.24, 2.45) is 0 Å². The molecule has 6 rings (SSSR count). The van der Waals surface area contributed by atoms with E-state index >= 15 is 0 Å². The molecule has 0 bridgehead atoms. The van der Waals surface area contributed by atoms with Gasteiger partial charge in [0.15, 0.2) is 0 Å². The number of aryl methyl sites for hydroxylation is 1. The molecule has 5 aromatic rings. The summed E-state index contributed by atoms with van der Waals surface area (Å²) in [4.78, 5) is 0. The number of hydrogen-bond acceptors (Lipinski definition) is 0. The van der Waals surface area contributed by atoms with Gasteiger partial charge in [0.2, 0.25) is 0 Å². The Bertz CT molecular complexity index is 1730. The van der Waals surface area contributed by atoms with Crippen LogP contribution in [0.3, 0.4) is 0 Å². The second kappa shape index (κ2) is 8.53. The van der Waals surface area contributed by atoms with E-state index in [1.54, 1.807) is 13.0 Å². The van der Waals surface area contributed by atoms with Crippen molar-refractivity contribution >= 4 is 33.7 Å². The molecule has 0 spiro atoms. The zero-order valence-corrected chi connectivity index (χ0v) is 20.0. The van der Waals surface area contributed by atoms with Gasteiger partial charge in [-0.25, -0.2) is 13.2 Å². The predicted octanol–water partition coefficient (Wildman–Crippen LogP) is 9.79. The first-order valence-electron chi connectivity index (χ1n) is 12.0. The van der Waals surface area contributed by atoms with Crippen LogP contribution in [0.5, 0.6) is 0 Å². The summed E-state index contributed by atoms with van der Waals surface area (Å²) >= 11 is 0. The van der Waals surface area contributed by atoms with Gasteiger partial charge in [-0.2, -0.15) is 0 Å². The first-order valence-corrected chi connectivity index (χ1v) is 12.0. The fraction of sp³-hybridized carbons (Fsp3) is 0.0909. The second-order valence-corrected chi connectivity index (χ2v) is 9.39. The van der Waals surface area contributed by atoms with Gasteiger partial charge in [-0.1, -0.05) is 60.7 Å². The van der Waals surface area contributed by atoms with Crippen molar-refractivity contribution in [2.75, 3.05) is 0 Å². The van der Waals surface area contributed by atoms with E-state index in [1.807, 2.05) is 48.5 Å². The quantitative estimate of drug-likeness (QED) is 0.238. The zero-order chi connectivity index (χ0) is 25.0. The van der Waals surface area contributed by atoms with E-state index in [0.717, 1.165) is 55.8 Å². The molecule has 3 heteroatoms. The van der Waals surface area contributed by atoms with Gasteiger partial charge in [0, 0.05) is 5.56 Å². The van der Waals surface area contributed by atoms with E-state index in [-0.39, 0.29) is 11.4 Å². The number of fused-ring (bicyclic) bond motifs is 3. The Labute approximate surface area is 208 Å². The molecule has 0 nitrogen and oxygen atoms in total. The normalized spacial score (nSPS) is 12.8. The summed E-state index contributed by atoms with van der Waals surface area (Å²) in [7, 11) is 0. The zero-order valence-electron chi connectivity index (χ0n) is 20.0. The molecule has 0 saturated heterocycles. The van der Waals surface area contributed by atoms with E-state index in [9.17, 15) is 13.2 Å². The molecule has 0 N–H and O–H groups in total. The molecule has 0 radical (unpaired) electrons. The highest BCUT2D eigenvalue weighted by molar-refractivity contribution is 6.12. The van der Waals surface area contributed by atoms with Crippen LogP contribution in [-0.4, -0.2) is 0 Å². The molecule has 5 aromatic carbocycles. The molecule has 0 aromatic heterocycles. The Morgan fingerprint density at radius 1 is 0.583 bits per heavy atom. The molecule has 0 saturated carbocycles. The lowest BCUT2D eigenvalue weighted by Gasteiger charge is -2.20. The van der Waals surface area contributed by atoms with E-state index in [1.165, 1.54) is 19.1 Å². The maximum absolute atomic E-state index is 14.7. The Hall–Kier alpha value is -4.11.